The van der Waals surface area contributed by atoms with Crippen molar-refractivity contribution >= 4 is 35.1 Å². The van der Waals surface area contributed by atoms with Crippen molar-refractivity contribution in [3.8, 4) is 6.07 Å². The zero-order valence-electron chi connectivity index (χ0n) is 23.3. The third-order valence-corrected chi connectivity index (χ3v) is 9.39. The van der Waals surface area contributed by atoms with Crippen LogP contribution in [0, 0.1) is 17.2 Å². The summed E-state index contributed by atoms with van der Waals surface area (Å²) in [4.78, 5) is 49.4. The molecule has 3 N–H and O–H groups in total. The first-order chi connectivity index (χ1) is 20.7. The lowest BCUT2D eigenvalue weighted by atomic mass is 9.79. The van der Waals surface area contributed by atoms with Gasteiger partial charge in [0.25, 0.3) is 5.92 Å². The van der Waals surface area contributed by atoms with E-state index < -0.39 is 54.7 Å². The Balaban J connectivity index is 1.43. The molecule has 1 aromatic heterocycles. The predicted molar refractivity (Wildman–Crippen MR) is 153 cm³/mol. The SMILES string of the molecule is N#Cc1ccnc(N2C(=O)CC[C@H]2C(=O)N(C(C(=O)NC2CC(F)(F)C2)c2ccccc2Cl)C2CCCC3NNCC32)c1. The minimum atomic E-state index is -2.85. The van der Waals surface area contributed by atoms with Gasteiger partial charge >= 0.3 is 0 Å². The van der Waals surface area contributed by atoms with E-state index in [2.05, 4.69) is 21.2 Å². The molecule has 10 nitrogen and oxygen atoms in total. The molecule has 3 heterocycles. The molecule has 4 fully saturated rings. The van der Waals surface area contributed by atoms with E-state index in [0.29, 0.717) is 18.5 Å². The fraction of sp³-hybridized carbons (Fsp3) is 0.500. The number of amides is 3. The highest BCUT2D eigenvalue weighted by molar-refractivity contribution is 6.31. The van der Waals surface area contributed by atoms with Gasteiger partial charge < -0.3 is 10.2 Å². The fourth-order valence-electron chi connectivity index (χ4n) is 6.99. The van der Waals surface area contributed by atoms with Crippen LogP contribution in [0.1, 0.15) is 62.1 Å². The number of rotatable bonds is 7. The highest BCUT2D eigenvalue weighted by atomic mass is 35.5. The maximum absolute atomic E-state index is 14.9. The summed E-state index contributed by atoms with van der Waals surface area (Å²) in [6, 6.07) is 8.43. The second-order valence-electron chi connectivity index (χ2n) is 11.8. The molecule has 3 amide bonds. The number of nitrogens with one attached hydrogen (secondary N) is 3. The molecule has 5 atom stereocenters. The van der Waals surface area contributed by atoms with Crippen molar-refractivity contribution < 1.29 is 23.2 Å². The quantitative estimate of drug-likeness (QED) is 0.438. The van der Waals surface area contributed by atoms with E-state index in [-0.39, 0.29) is 47.1 Å². The Labute approximate surface area is 252 Å². The van der Waals surface area contributed by atoms with E-state index >= 15 is 0 Å². The van der Waals surface area contributed by atoms with Gasteiger partial charge in [-0.15, -0.1) is 0 Å². The van der Waals surface area contributed by atoms with Gasteiger partial charge in [-0.1, -0.05) is 29.8 Å². The average molecular weight is 612 g/mol. The monoisotopic (exact) mass is 611 g/mol. The second kappa shape index (κ2) is 11.8. The van der Waals surface area contributed by atoms with Crippen LogP contribution in [0.25, 0.3) is 0 Å². The first-order valence-corrected chi connectivity index (χ1v) is 15.0. The third-order valence-electron chi connectivity index (χ3n) is 9.04. The lowest BCUT2D eigenvalue weighted by Gasteiger charge is -2.46. The van der Waals surface area contributed by atoms with Crippen LogP contribution in [0.2, 0.25) is 5.02 Å². The minimum absolute atomic E-state index is 0.0471. The van der Waals surface area contributed by atoms with E-state index in [1.165, 1.54) is 23.2 Å². The van der Waals surface area contributed by atoms with Crippen molar-refractivity contribution in [2.45, 2.75) is 81.1 Å². The zero-order chi connectivity index (χ0) is 30.3. The first-order valence-electron chi connectivity index (χ1n) is 14.6. The maximum Gasteiger partial charge on any atom is 0.252 e. The molecular weight excluding hydrogens is 580 g/mol. The van der Waals surface area contributed by atoms with E-state index in [4.69, 9.17) is 11.6 Å². The molecule has 2 saturated carbocycles. The predicted octanol–water partition coefficient (Wildman–Crippen LogP) is 3.23. The standard InChI is InChI=1S/C30H32ClF2N7O3/c31-21-5-2-1-4-19(21)27(28(42)37-18-13-30(32,33)14-18)40(23-7-3-6-22-20(23)16-36-38-22)29(43)24-8-9-26(41)39(24)25-12-17(15-34)10-11-35-25/h1-2,4-5,10-12,18,20,22-24,27,36,38H,3,6-9,13-14,16H2,(H,37,42)/t20?,22?,23?,24-,27?/m0/s1. The van der Waals surface area contributed by atoms with Crippen molar-refractivity contribution in [2.24, 2.45) is 5.92 Å². The number of benzene rings is 1. The van der Waals surface area contributed by atoms with Gasteiger partial charge in [-0.3, -0.25) is 30.1 Å². The second-order valence-corrected chi connectivity index (χ2v) is 12.2. The molecule has 4 aliphatic rings. The van der Waals surface area contributed by atoms with Crippen LogP contribution < -0.4 is 21.1 Å². The summed E-state index contributed by atoms with van der Waals surface area (Å²) >= 11 is 6.66. The van der Waals surface area contributed by atoms with Crippen molar-refractivity contribution in [3.05, 3.63) is 58.7 Å². The first kappa shape index (κ1) is 29.4. The summed E-state index contributed by atoms with van der Waals surface area (Å²) in [6.45, 7) is 0.559. The highest BCUT2D eigenvalue weighted by Crippen LogP contribution is 2.41. The number of nitriles is 1. The molecule has 0 bridgehead atoms. The summed E-state index contributed by atoms with van der Waals surface area (Å²) in [5.41, 5.74) is 7.14. The van der Waals surface area contributed by atoms with Gasteiger partial charge in [0.1, 0.15) is 17.9 Å². The Morgan fingerprint density at radius 3 is 2.74 bits per heavy atom. The van der Waals surface area contributed by atoms with Gasteiger partial charge in [0.15, 0.2) is 0 Å². The molecule has 2 aliphatic carbocycles. The van der Waals surface area contributed by atoms with Crippen molar-refractivity contribution in [1.82, 2.24) is 26.1 Å². The lowest BCUT2D eigenvalue weighted by molar-refractivity contribution is -0.149. The summed E-state index contributed by atoms with van der Waals surface area (Å²) in [7, 11) is 0. The Hall–Kier alpha value is -3.66. The molecule has 43 heavy (non-hydrogen) atoms. The Bertz CT molecular complexity index is 1460. The van der Waals surface area contributed by atoms with Crippen LogP contribution in [0.15, 0.2) is 42.6 Å². The maximum atomic E-state index is 14.9. The molecule has 2 aliphatic heterocycles. The number of aromatic nitrogens is 1. The van der Waals surface area contributed by atoms with E-state index in [1.54, 1.807) is 29.2 Å². The molecule has 6 rings (SSSR count). The number of nitrogens with zero attached hydrogens (tertiary/aromatic N) is 4. The smallest absolute Gasteiger partial charge is 0.252 e. The van der Waals surface area contributed by atoms with Gasteiger partial charge in [0, 0.05) is 66.6 Å². The lowest BCUT2D eigenvalue weighted by Crippen LogP contribution is -2.60. The van der Waals surface area contributed by atoms with Gasteiger partial charge in [-0.2, -0.15) is 5.26 Å². The van der Waals surface area contributed by atoms with E-state index in [1.807, 2.05) is 6.07 Å². The minimum Gasteiger partial charge on any atom is -0.351 e. The molecule has 0 spiro atoms. The van der Waals surface area contributed by atoms with Crippen LogP contribution in [0.3, 0.4) is 0 Å². The van der Waals surface area contributed by atoms with E-state index in [9.17, 15) is 28.4 Å². The molecule has 2 saturated heterocycles. The van der Waals surface area contributed by atoms with Crippen LogP contribution in [-0.2, 0) is 14.4 Å². The van der Waals surface area contributed by atoms with Gasteiger partial charge in [0.2, 0.25) is 17.7 Å². The number of fused-ring (bicyclic) bond motifs is 1. The van der Waals surface area contributed by atoms with Crippen LogP contribution in [0.4, 0.5) is 14.6 Å². The molecular formula is C30H32ClF2N7O3. The Morgan fingerprint density at radius 1 is 1.21 bits per heavy atom. The summed E-state index contributed by atoms with van der Waals surface area (Å²) < 4.78 is 27.5. The van der Waals surface area contributed by atoms with Crippen LogP contribution in [-0.4, -0.2) is 64.2 Å². The molecule has 13 heteroatoms. The molecule has 2 aromatic rings. The number of pyridine rings is 1. The normalized spacial score (nSPS) is 27.1. The number of anilines is 1. The van der Waals surface area contributed by atoms with Crippen LogP contribution >= 0.6 is 11.6 Å². The van der Waals surface area contributed by atoms with Gasteiger partial charge in [-0.25, -0.2) is 13.8 Å². The van der Waals surface area contributed by atoms with Crippen molar-refractivity contribution in [3.63, 3.8) is 0 Å². The number of halogens is 3. The van der Waals surface area contributed by atoms with Crippen molar-refractivity contribution in [1.29, 1.82) is 5.26 Å². The van der Waals surface area contributed by atoms with Crippen molar-refractivity contribution in [2.75, 3.05) is 11.4 Å². The zero-order valence-corrected chi connectivity index (χ0v) is 24.1. The summed E-state index contributed by atoms with van der Waals surface area (Å²) in [6.07, 6.45) is 3.01. The Morgan fingerprint density at radius 2 is 2.00 bits per heavy atom. The average Bonchev–Trinajstić information content (AvgIpc) is 3.62. The molecule has 226 valence electrons. The fourth-order valence-corrected chi connectivity index (χ4v) is 7.23. The van der Waals surface area contributed by atoms with E-state index in [0.717, 1.165) is 12.8 Å². The number of carbonyl (C=O) groups excluding carboxylic acids is 3. The number of hydrogen-bond donors (Lipinski definition) is 3. The highest BCUT2D eigenvalue weighted by Gasteiger charge is 2.51. The summed E-state index contributed by atoms with van der Waals surface area (Å²) in [5, 5.41) is 12.5. The Kier molecular flexibility index (Phi) is 8.06. The molecule has 0 radical (unpaired) electrons. The number of hydrazine groups is 1. The molecule has 4 unspecified atom stereocenters. The number of hydrogen-bond acceptors (Lipinski definition) is 7. The number of alkyl halides is 2. The van der Waals surface area contributed by atoms with Crippen LogP contribution in [0.5, 0.6) is 0 Å². The topological polar surface area (TPSA) is 130 Å². The largest absolute Gasteiger partial charge is 0.351 e. The van der Waals surface area contributed by atoms with Gasteiger partial charge in [0.05, 0.1) is 11.6 Å². The molecule has 1 aromatic carbocycles. The third kappa shape index (κ3) is 5.69. The summed E-state index contributed by atoms with van der Waals surface area (Å²) in [5.74, 6) is -4.08. The number of carbonyl (C=O) groups is 3. The van der Waals surface area contributed by atoms with Gasteiger partial charge in [-0.05, 0) is 43.9 Å².